The number of aliphatic hydroxyl groups is 1. The van der Waals surface area contributed by atoms with Crippen molar-refractivity contribution in [3.63, 3.8) is 0 Å². The highest BCUT2D eigenvalue weighted by atomic mass is 35.5. The molecular formula is C2H6Cl2O3. The Kier molecular flexibility index (Phi) is 21.1. The number of aliphatic carboxylic acids is 1. The van der Waals surface area contributed by atoms with Crippen molar-refractivity contribution in [3.8, 4) is 0 Å². The number of hydrogen-bond donors (Lipinski definition) is 2. The van der Waals surface area contributed by atoms with Crippen LogP contribution in [0.3, 0.4) is 0 Å². The Morgan fingerprint density at radius 2 is 1.57 bits per heavy atom. The molecule has 0 saturated carbocycles. The van der Waals surface area contributed by atoms with Gasteiger partial charge in [-0.3, -0.25) is 0 Å². The zero-order chi connectivity index (χ0) is 4.28. The molecule has 0 heterocycles. The molecule has 0 radical (unpaired) electrons. The molecule has 5 heteroatoms. The van der Waals surface area contributed by atoms with Crippen molar-refractivity contribution in [2.24, 2.45) is 0 Å². The Morgan fingerprint density at radius 1 is 1.43 bits per heavy atom. The first-order chi connectivity index (χ1) is 2.27. The van der Waals surface area contributed by atoms with Crippen molar-refractivity contribution in [2.75, 3.05) is 6.61 Å². The molecule has 46 valence electrons. The van der Waals surface area contributed by atoms with Crippen LogP contribution in [0.4, 0.5) is 0 Å². The number of carboxylic acids is 1. The Balaban J connectivity index is -0.0000000800. The highest BCUT2D eigenvalue weighted by Gasteiger charge is 1.82. The molecule has 0 aromatic heterocycles. The number of hydrogen-bond acceptors (Lipinski definition) is 2. The molecule has 0 unspecified atom stereocenters. The van der Waals surface area contributed by atoms with Gasteiger partial charge >= 0.3 is 5.97 Å². The molecule has 0 rings (SSSR count). The van der Waals surface area contributed by atoms with Gasteiger partial charge in [-0.15, -0.1) is 24.8 Å². The van der Waals surface area contributed by atoms with E-state index in [1.54, 1.807) is 0 Å². The average Bonchev–Trinajstić information content (AvgIpc) is 1.38. The fraction of sp³-hybridized carbons (Fsp3) is 0.500. The quantitative estimate of drug-likeness (QED) is 0.547. The lowest BCUT2D eigenvalue weighted by atomic mass is 10.8. The summed E-state index contributed by atoms with van der Waals surface area (Å²) in [6.45, 7) is -0.778. The summed E-state index contributed by atoms with van der Waals surface area (Å²) in [5.74, 6) is -1.19. The van der Waals surface area contributed by atoms with Crippen LogP contribution in [0.15, 0.2) is 0 Å². The summed E-state index contributed by atoms with van der Waals surface area (Å²) in [6, 6.07) is 0. The Morgan fingerprint density at radius 3 is 1.57 bits per heavy atom. The fourth-order valence-corrected chi connectivity index (χ4v) is 0. The van der Waals surface area contributed by atoms with Gasteiger partial charge in [0, 0.05) is 0 Å². The van der Waals surface area contributed by atoms with E-state index in [4.69, 9.17) is 15.0 Å². The third-order valence-electron chi connectivity index (χ3n) is 0.135. The average molecular weight is 149 g/mol. The molecule has 0 fully saturated rings. The molecule has 0 saturated heterocycles. The molecule has 0 aliphatic rings. The van der Waals surface area contributed by atoms with Gasteiger partial charge in [0.1, 0.15) is 6.61 Å². The van der Waals surface area contributed by atoms with Crippen LogP contribution in [0.5, 0.6) is 0 Å². The monoisotopic (exact) mass is 148 g/mol. The van der Waals surface area contributed by atoms with Gasteiger partial charge in [0.25, 0.3) is 0 Å². The van der Waals surface area contributed by atoms with Crippen molar-refractivity contribution >= 4 is 30.8 Å². The Hall–Kier alpha value is 0.01000. The van der Waals surface area contributed by atoms with Gasteiger partial charge in [0.15, 0.2) is 0 Å². The van der Waals surface area contributed by atoms with Crippen LogP contribution in [0, 0.1) is 0 Å². The SMILES string of the molecule is Cl.Cl.O=C(O)CO. The van der Waals surface area contributed by atoms with Gasteiger partial charge in [-0.2, -0.15) is 0 Å². The minimum Gasteiger partial charge on any atom is -0.480 e. The predicted molar refractivity (Wildman–Crippen MR) is 29.2 cm³/mol. The molecule has 0 aliphatic heterocycles. The van der Waals surface area contributed by atoms with Crippen molar-refractivity contribution in [1.29, 1.82) is 0 Å². The Labute approximate surface area is 53.2 Å². The molecule has 0 amide bonds. The normalized spacial score (nSPS) is 5.29. The highest BCUT2D eigenvalue weighted by Crippen LogP contribution is 1.48. The van der Waals surface area contributed by atoms with Gasteiger partial charge in [-0.1, -0.05) is 0 Å². The lowest BCUT2D eigenvalue weighted by molar-refractivity contribution is -0.140. The number of carboxylic acid groups (broad SMARTS) is 1. The maximum atomic E-state index is 9.12. The zero-order valence-electron chi connectivity index (χ0n) is 3.33. The molecule has 0 aliphatic carbocycles. The first kappa shape index (κ1) is 15.7. The van der Waals surface area contributed by atoms with Gasteiger partial charge in [-0.05, 0) is 0 Å². The minimum absolute atomic E-state index is 0. The second kappa shape index (κ2) is 9.38. The second-order valence-electron chi connectivity index (χ2n) is 0.552. The van der Waals surface area contributed by atoms with E-state index in [0.29, 0.717) is 0 Å². The summed E-state index contributed by atoms with van der Waals surface area (Å²) >= 11 is 0. The van der Waals surface area contributed by atoms with Crippen molar-refractivity contribution < 1.29 is 15.0 Å². The maximum Gasteiger partial charge on any atom is 0.329 e. The van der Waals surface area contributed by atoms with E-state index in [2.05, 4.69) is 0 Å². The standard InChI is InChI=1S/C2H4O3.2ClH/c3-1-2(4)5;;/h3H,1H2,(H,4,5);2*1H. The number of carbonyl (C=O) groups is 1. The van der Waals surface area contributed by atoms with E-state index >= 15 is 0 Å². The first-order valence-electron chi connectivity index (χ1n) is 1.10. The molecule has 0 bridgehead atoms. The molecule has 0 aromatic rings. The predicted octanol–water partition coefficient (Wildman–Crippen LogP) is -0.0931. The Bertz CT molecular complexity index is 46.2. The van der Waals surface area contributed by atoms with Gasteiger partial charge in [0.05, 0.1) is 0 Å². The largest absolute Gasteiger partial charge is 0.480 e. The molecule has 0 spiro atoms. The molecule has 7 heavy (non-hydrogen) atoms. The molecule has 3 nitrogen and oxygen atoms in total. The second-order valence-corrected chi connectivity index (χ2v) is 0.552. The van der Waals surface area contributed by atoms with Crippen LogP contribution in [-0.4, -0.2) is 22.8 Å². The van der Waals surface area contributed by atoms with E-state index in [-0.39, 0.29) is 24.8 Å². The van der Waals surface area contributed by atoms with E-state index < -0.39 is 12.6 Å². The summed E-state index contributed by atoms with van der Waals surface area (Å²) in [5.41, 5.74) is 0. The summed E-state index contributed by atoms with van der Waals surface area (Å²) < 4.78 is 0. The highest BCUT2D eigenvalue weighted by molar-refractivity contribution is 5.85. The minimum atomic E-state index is -1.19. The zero-order valence-corrected chi connectivity index (χ0v) is 4.96. The van der Waals surface area contributed by atoms with Crippen molar-refractivity contribution in [1.82, 2.24) is 0 Å². The number of aliphatic hydroxyl groups excluding tert-OH is 1. The van der Waals surface area contributed by atoms with E-state index in [1.807, 2.05) is 0 Å². The van der Waals surface area contributed by atoms with E-state index in [9.17, 15) is 0 Å². The first-order valence-corrected chi connectivity index (χ1v) is 1.10. The fourth-order valence-electron chi connectivity index (χ4n) is 0. The van der Waals surface area contributed by atoms with Gasteiger partial charge in [-0.25, -0.2) is 4.79 Å². The van der Waals surface area contributed by atoms with Gasteiger partial charge < -0.3 is 10.2 Å². The smallest absolute Gasteiger partial charge is 0.329 e. The van der Waals surface area contributed by atoms with Crippen LogP contribution in [0.1, 0.15) is 0 Å². The molecule has 0 aromatic carbocycles. The summed E-state index contributed by atoms with van der Waals surface area (Å²) in [6.07, 6.45) is 0. The molecule has 2 N–H and O–H groups in total. The summed E-state index contributed by atoms with van der Waals surface area (Å²) in [5, 5.41) is 15.0. The maximum absolute atomic E-state index is 9.12. The van der Waals surface area contributed by atoms with Crippen LogP contribution >= 0.6 is 24.8 Å². The van der Waals surface area contributed by atoms with E-state index in [0.717, 1.165) is 0 Å². The topological polar surface area (TPSA) is 57.5 Å². The lowest BCUT2D eigenvalue weighted by Gasteiger charge is -1.72. The van der Waals surface area contributed by atoms with Crippen molar-refractivity contribution in [3.05, 3.63) is 0 Å². The van der Waals surface area contributed by atoms with Crippen LogP contribution in [-0.2, 0) is 4.79 Å². The van der Waals surface area contributed by atoms with Crippen LogP contribution in [0.25, 0.3) is 0 Å². The van der Waals surface area contributed by atoms with Crippen molar-refractivity contribution in [2.45, 2.75) is 0 Å². The van der Waals surface area contributed by atoms with Crippen LogP contribution in [0.2, 0.25) is 0 Å². The third-order valence-corrected chi connectivity index (χ3v) is 0.135. The number of rotatable bonds is 1. The molecule has 0 atom stereocenters. The van der Waals surface area contributed by atoms with Crippen LogP contribution < -0.4 is 0 Å². The summed E-state index contributed by atoms with van der Waals surface area (Å²) in [4.78, 5) is 9.12. The van der Waals surface area contributed by atoms with E-state index in [1.165, 1.54) is 0 Å². The molecular weight excluding hydrogens is 143 g/mol. The summed E-state index contributed by atoms with van der Waals surface area (Å²) in [7, 11) is 0. The van der Waals surface area contributed by atoms with Gasteiger partial charge in [0.2, 0.25) is 0 Å². The third kappa shape index (κ3) is 23.9. The lowest BCUT2D eigenvalue weighted by Crippen LogP contribution is -1.98. The number of halogens is 2.